The molecule has 0 N–H and O–H groups in total. The van der Waals surface area contributed by atoms with Crippen molar-refractivity contribution in [2.45, 2.75) is 19.8 Å². The maximum atomic E-state index is 11.8. The number of aryl methyl sites for hydroxylation is 1. The van der Waals surface area contributed by atoms with Gasteiger partial charge < -0.3 is 0 Å². The Bertz CT molecular complexity index is 689. The Morgan fingerprint density at radius 3 is 1.28 bits per heavy atom. The summed E-state index contributed by atoms with van der Waals surface area (Å²) in [5.41, 5.74) is 3.49. The normalized spacial score (nSPS) is 8.92. The summed E-state index contributed by atoms with van der Waals surface area (Å²) >= 11 is 0. The summed E-state index contributed by atoms with van der Waals surface area (Å²) in [5.74, 6) is 0.261. The summed E-state index contributed by atoms with van der Waals surface area (Å²) in [4.78, 5) is 11.8. The Morgan fingerprint density at radius 2 is 1.00 bits per heavy atom. The first-order valence-corrected chi connectivity index (χ1v) is 8.05. The molecule has 0 aliphatic rings. The van der Waals surface area contributed by atoms with Crippen LogP contribution in [0.15, 0.2) is 91.0 Å². The molecule has 0 aromatic heterocycles. The molecule has 0 fully saturated rings. The third-order valence-electron chi connectivity index (χ3n) is 3.43. The monoisotopic (exact) mass is 330 g/mol. The van der Waals surface area contributed by atoms with E-state index in [1.54, 1.807) is 0 Å². The van der Waals surface area contributed by atoms with E-state index in [-0.39, 0.29) is 5.78 Å². The third kappa shape index (κ3) is 9.07. The van der Waals surface area contributed by atoms with E-state index in [0.29, 0.717) is 12.8 Å². The summed E-state index contributed by atoms with van der Waals surface area (Å²) in [6.45, 7) is 6.58. The van der Waals surface area contributed by atoms with Crippen LogP contribution in [0.3, 0.4) is 0 Å². The zero-order chi connectivity index (χ0) is 18.3. The predicted octanol–water partition coefficient (Wildman–Crippen LogP) is 5.00. The molecule has 0 saturated carbocycles. The number of hydrogen-bond donors (Lipinski definition) is 0. The van der Waals surface area contributed by atoms with Crippen LogP contribution in [0.4, 0.5) is 0 Å². The molecule has 0 atom stereocenters. The Kier molecular flexibility index (Phi) is 10.0. The molecule has 0 saturated heterocycles. The number of carbonyl (C=O) groups excluding carboxylic acids is 1. The van der Waals surface area contributed by atoms with Gasteiger partial charge in [-0.1, -0.05) is 96.6 Å². The van der Waals surface area contributed by atoms with Crippen molar-refractivity contribution in [3.8, 4) is 0 Å². The van der Waals surface area contributed by atoms with Gasteiger partial charge in [0.15, 0.2) is 0 Å². The molecule has 3 aromatic rings. The average molecular weight is 330 g/mol. The molecule has 0 heterocycles. The van der Waals surface area contributed by atoms with Crippen LogP contribution >= 0.6 is 0 Å². The SMILES string of the molecule is Cc1ccccc1.O=C(Cc1ccccc1)Cc1ccccc1.[C-]#[O+]. The van der Waals surface area contributed by atoms with E-state index in [4.69, 9.17) is 4.65 Å². The Labute approximate surface area is 149 Å². The molecule has 126 valence electrons. The molecule has 0 aliphatic heterocycles. The summed E-state index contributed by atoms with van der Waals surface area (Å²) in [5, 5.41) is 0. The van der Waals surface area contributed by atoms with Gasteiger partial charge in [-0.05, 0) is 18.1 Å². The average Bonchev–Trinajstić information content (AvgIpc) is 2.66. The second-order valence-corrected chi connectivity index (χ2v) is 5.52. The first-order valence-electron chi connectivity index (χ1n) is 8.05. The molecule has 2 nitrogen and oxygen atoms in total. The number of rotatable bonds is 4. The molecule has 3 rings (SSSR count). The fourth-order valence-corrected chi connectivity index (χ4v) is 2.24. The first-order chi connectivity index (χ1) is 12.2. The number of hydrogen-bond acceptors (Lipinski definition) is 1. The van der Waals surface area contributed by atoms with Crippen LogP contribution in [0.2, 0.25) is 0 Å². The van der Waals surface area contributed by atoms with Gasteiger partial charge >= 0.3 is 11.3 Å². The molecular formula is C23H22O2. The first kappa shape index (κ1) is 20.1. The summed E-state index contributed by atoms with van der Waals surface area (Å²) in [6, 6.07) is 30.0. The number of ketones is 1. The second kappa shape index (κ2) is 12.5. The fraction of sp³-hybridized carbons (Fsp3) is 0.130. The quantitative estimate of drug-likeness (QED) is 0.490. The van der Waals surface area contributed by atoms with Crippen molar-refractivity contribution >= 4 is 5.78 Å². The van der Waals surface area contributed by atoms with E-state index in [1.165, 1.54) is 5.56 Å². The molecule has 0 aliphatic carbocycles. The van der Waals surface area contributed by atoms with Crippen molar-refractivity contribution in [1.82, 2.24) is 0 Å². The van der Waals surface area contributed by atoms with E-state index in [9.17, 15) is 4.79 Å². The number of benzene rings is 3. The summed E-state index contributed by atoms with van der Waals surface area (Å²) in [6.07, 6.45) is 1.05. The zero-order valence-electron chi connectivity index (χ0n) is 14.4. The number of Topliss-reactive ketones (excluding diaryl/α,β-unsaturated/α-hetero) is 1. The van der Waals surface area contributed by atoms with Crippen molar-refractivity contribution < 1.29 is 9.45 Å². The van der Waals surface area contributed by atoms with Crippen LogP contribution in [0.1, 0.15) is 16.7 Å². The molecule has 3 aromatic carbocycles. The van der Waals surface area contributed by atoms with Gasteiger partial charge in [-0.2, -0.15) is 0 Å². The topological polar surface area (TPSA) is 37.0 Å². The van der Waals surface area contributed by atoms with Crippen molar-refractivity contribution in [2.24, 2.45) is 0 Å². The van der Waals surface area contributed by atoms with E-state index < -0.39 is 0 Å². The molecular weight excluding hydrogens is 308 g/mol. The van der Waals surface area contributed by atoms with Crippen molar-refractivity contribution in [3.63, 3.8) is 0 Å². The van der Waals surface area contributed by atoms with Crippen LogP contribution in [0, 0.1) is 13.6 Å². The van der Waals surface area contributed by atoms with Crippen LogP contribution in [0.25, 0.3) is 0 Å². The van der Waals surface area contributed by atoms with E-state index in [1.807, 2.05) is 78.9 Å². The van der Waals surface area contributed by atoms with Crippen LogP contribution in [0.5, 0.6) is 0 Å². The molecule has 0 radical (unpaired) electrons. The van der Waals surface area contributed by atoms with Crippen LogP contribution < -0.4 is 0 Å². The molecule has 0 bridgehead atoms. The van der Waals surface area contributed by atoms with Crippen LogP contribution in [-0.4, -0.2) is 5.78 Å². The van der Waals surface area contributed by atoms with Gasteiger partial charge in [0.25, 0.3) is 0 Å². The van der Waals surface area contributed by atoms with Gasteiger partial charge in [-0.25, -0.2) is 0 Å². The molecule has 0 spiro atoms. The van der Waals surface area contributed by atoms with Gasteiger partial charge in [0, 0.05) is 12.8 Å². The van der Waals surface area contributed by atoms with E-state index in [2.05, 4.69) is 25.7 Å². The molecule has 25 heavy (non-hydrogen) atoms. The van der Waals surface area contributed by atoms with E-state index in [0.717, 1.165) is 11.1 Å². The maximum absolute atomic E-state index is 11.8. The second-order valence-electron chi connectivity index (χ2n) is 5.52. The Morgan fingerprint density at radius 1 is 0.680 bits per heavy atom. The zero-order valence-corrected chi connectivity index (χ0v) is 14.4. The summed E-state index contributed by atoms with van der Waals surface area (Å²) in [7, 11) is 0. The Hall–Kier alpha value is -2.93. The van der Waals surface area contributed by atoms with Crippen molar-refractivity contribution in [1.29, 1.82) is 0 Å². The van der Waals surface area contributed by atoms with E-state index >= 15 is 0 Å². The van der Waals surface area contributed by atoms with Gasteiger partial charge in [0.05, 0.1) is 0 Å². The van der Waals surface area contributed by atoms with Gasteiger partial charge in [-0.15, -0.1) is 0 Å². The molecule has 0 amide bonds. The summed E-state index contributed by atoms with van der Waals surface area (Å²) < 4.78 is 7.50. The van der Waals surface area contributed by atoms with Crippen molar-refractivity contribution in [3.05, 3.63) is 114 Å². The van der Waals surface area contributed by atoms with Gasteiger partial charge in [0.1, 0.15) is 5.78 Å². The fourth-order valence-electron chi connectivity index (χ4n) is 2.24. The van der Waals surface area contributed by atoms with Crippen LogP contribution in [-0.2, 0) is 22.3 Å². The van der Waals surface area contributed by atoms with Gasteiger partial charge in [0.2, 0.25) is 0 Å². The van der Waals surface area contributed by atoms with Gasteiger partial charge in [-0.3, -0.25) is 4.79 Å². The number of carbonyl (C=O) groups is 1. The predicted molar refractivity (Wildman–Crippen MR) is 100 cm³/mol. The Balaban J connectivity index is 0.000000290. The molecule has 0 unspecified atom stereocenters. The minimum absolute atomic E-state index is 0.261. The van der Waals surface area contributed by atoms with Crippen molar-refractivity contribution in [2.75, 3.05) is 0 Å². The third-order valence-corrected chi connectivity index (χ3v) is 3.43. The minimum atomic E-state index is 0.261. The molecule has 2 heteroatoms. The standard InChI is InChI=1S/C15H14O.C7H8.CO/c16-15(11-13-7-3-1-4-8-13)12-14-9-5-2-6-10-14;1-7-5-3-2-4-6-7;1-2/h1-10H,11-12H2;2-6H,1H3;.